The first-order valence-electron chi connectivity index (χ1n) is 19.9. The van der Waals surface area contributed by atoms with E-state index < -0.39 is 8.07 Å². The van der Waals surface area contributed by atoms with E-state index in [0.717, 1.165) is 46.6 Å². The number of hydrogen-bond donors (Lipinski definition) is 0. The van der Waals surface area contributed by atoms with Gasteiger partial charge in [0, 0.05) is 55.7 Å². The number of rotatable bonds is 4. The van der Waals surface area contributed by atoms with Crippen molar-refractivity contribution >= 4 is 51.7 Å². The summed E-state index contributed by atoms with van der Waals surface area (Å²) in [6.07, 6.45) is 11.2. The van der Waals surface area contributed by atoms with Crippen molar-refractivity contribution in [3.05, 3.63) is 97.1 Å². The Labute approximate surface area is 293 Å². The third-order valence-electron chi connectivity index (χ3n) is 15.2. The fourth-order valence-electron chi connectivity index (χ4n) is 14.2. The number of fused-ring (bicyclic) bond motifs is 8. The van der Waals surface area contributed by atoms with E-state index in [9.17, 15) is 0 Å². The molecular formula is C46H54N2Si. The molecule has 0 amide bonds. The molecule has 4 aromatic carbocycles. The molecule has 10 atom stereocenters. The van der Waals surface area contributed by atoms with Crippen molar-refractivity contribution in [2.75, 3.05) is 0 Å². The molecule has 4 saturated carbocycles. The molecule has 0 N–H and O–H groups in total. The Bertz CT molecular complexity index is 1930. The molecule has 3 heteroatoms. The molecule has 2 nitrogen and oxygen atoms in total. The van der Waals surface area contributed by atoms with Crippen molar-refractivity contribution in [1.82, 2.24) is 9.13 Å². The summed E-state index contributed by atoms with van der Waals surface area (Å²) >= 11 is 0. The molecule has 6 aromatic rings. The average Bonchev–Trinajstić information content (AvgIpc) is 3.85. The predicted molar refractivity (Wildman–Crippen MR) is 211 cm³/mol. The lowest BCUT2D eigenvalue weighted by atomic mass is 9.77. The van der Waals surface area contributed by atoms with Crippen molar-refractivity contribution in [1.29, 1.82) is 0 Å². The monoisotopic (exact) mass is 662 g/mol. The van der Waals surface area contributed by atoms with Gasteiger partial charge in [-0.25, -0.2) is 0 Å². The highest BCUT2D eigenvalue weighted by Gasteiger charge is 2.60. The fraction of sp³-hybridized carbons (Fsp3) is 0.478. The van der Waals surface area contributed by atoms with E-state index in [-0.39, 0.29) is 0 Å². The number of nitrogens with zero attached hydrogens (tertiary/aromatic N) is 2. The first-order chi connectivity index (χ1) is 23.9. The minimum absolute atomic E-state index is 0.629. The van der Waals surface area contributed by atoms with Crippen LogP contribution in [0.5, 0.6) is 0 Å². The van der Waals surface area contributed by atoms with Crippen molar-refractivity contribution in [3.8, 4) is 0 Å². The molecule has 2 heterocycles. The summed E-state index contributed by atoms with van der Waals surface area (Å²) in [6, 6.07) is 38.3. The van der Waals surface area contributed by atoms with Gasteiger partial charge in [-0.2, -0.15) is 0 Å². The van der Waals surface area contributed by atoms with Crippen LogP contribution < -0.4 is 0 Å². The Hall–Kier alpha value is -3.30. The summed E-state index contributed by atoms with van der Waals surface area (Å²) in [7, 11) is -1.64. The van der Waals surface area contributed by atoms with Gasteiger partial charge in [0.25, 0.3) is 0 Å². The Kier molecular flexibility index (Phi) is 7.07. The van der Waals surface area contributed by atoms with Crippen LogP contribution in [-0.2, 0) is 0 Å². The summed E-state index contributed by atoms with van der Waals surface area (Å²) < 4.78 is 5.66. The average molecular weight is 663 g/mol. The topological polar surface area (TPSA) is 9.86 Å². The summed E-state index contributed by atoms with van der Waals surface area (Å²) in [5.41, 5.74) is 7.74. The van der Waals surface area contributed by atoms with Crippen molar-refractivity contribution in [2.24, 2.45) is 35.5 Å². The van der Waals surface area contributed by atoms with E-state index >= 15 is 0 Å². The van der Waals surface area contributed by atoms with Gasteiger partial charge < -0.3 is 9.13 Å². The molecule has 4 aliphatic rings. The molecule has 0 saturated heterocycles. The lowest BCUT2D eigenvalue weighted by Crippen LogP contribution is -2.47. The largest absolute Gasteiger partial charge is 0.337 e. The second-order valence-electron chi connectivity index (χ2n) is 17.8. The Morgan fingerprint density at radius 2 is 0.776 bits per heavy atom. The molecule has 49 heavy (non-hydrogen) atoms. The van der Waals surface area contributed by atoms with E-state index in [1.165, 1.54) is 95.0 Å². The molecule has 10 unspecified atom stereocenters. The van der Waals surface area contributed by atoms with Gasteiger partial charge in [0.1, 0.15) is 0 Å². The Morgan fingerprint density at radius 1 is 0.449 bits per heavy atom. The Morgan fingerprint density at radius 3 is 1.12 bits per heavy atom. The van der Waals surface area contributed by atoms with E-state index in [2.05, 4.69) is 133 Å². The predicted octanol–water partition coefficient (Wildman–Crippen LogP) is 13.0. The molecule has 0 radical (unpaired) electrons. The standard InChI is InChI=1S/C46H54N2Si/c1-29-27-37-35(19-13-25-43(37)47-39-21-9-5-15-31(39)32-16-6-10-22-40(32)47)45(29)49(3,4)46-30(2)28-38-36(46)20-14-26-44(38)48-41-23-11-7-17-33(41)34-18-8-12-24-42(34)48/h5-12,15-18,21-24,29-30,35-38,43-46H,13-14,19-20,25-28H2,1-4H3. The highest BCUT2D eigenvalue weighted by atomic mass is 28.3. The zero-order chi connectivity index (χ0) is 33.0. The Balaban J connectivity index is 1.00. The minimum atomic E-state index is -1.64. The van der Waals surface area contributed by atoms with Crippen LogP contribution in [0.4, 0.5) is 0 Å². The molecule has 252 valence electrons. The van der Waals surface area contributed by atoms with Crippen LogP contribution in [0, 0.1) is 35.5 Å². The molecule has 0 bridgehead atoms. The van der Waals surface area contributed by atoms with Crippen LogP contribution in [0.25, 0.3) is 43.6 Å². The third-order valence-corrected chi connectivity index (χ3v) is 20.6. The van der Waals surface area contributed by atoms with Crippen LogP contribution in [0.3, 0.4) is 0 Å². The first kappa shape index (κ1) is 30.5. The molecule has 4 fully saturated rings. The maximum Gasteiger partial charge on any atom is 0.0546 e. The smallest absolute Gasteiger partial charge is 0.0546 e. The lowest BCUT2D eigenvalue weighted by molar-refractivity contribution is 0.184. The van der Waals surface area contributed by atoms with E-state index in [1.54, 1.807) is 0 Å². The number of hydrogen-bond acceptors (Lipinski definition) is 0. The highest BCUT2D eigenvalue weighted by molar-refractivity contribution is 6.80. The molecule has 2 aromatic heterocycles. The highest BCUT2D eigenvalue weighted by Crippen LogP contribution is 2.67. The van der Waals surface area contributed by atoms with Gasteiger partial charge in [-0.1, -0.05) is 125 Å². The van der Waals surface area contributed by atoms with Crippen LogP contribution >= 0.6 is 0 Å². The van der Waals surface area contributed by atoms with Gasteiger partial charge >= 0.3 is 0 Å². The number of para-hydroxylation sites is 4. The summed E-state index contributed by atoms with van der Waals surface area (Å²) in [6.45, 7) is 11.2. The van der Waals surface area contributed by atoms with E-state index in [4.69, 9.17) is 0 Å². The van der Waals surface area contributed by atoms with Crippen molar-refractivity contribution in [3.63, 3.8) is 0 Å². The van der Waals surface area contributed by atoms with Gasteiger partial charge in [-0.3, -0.25) is 0 Å². The van der Waals surface area contributed by atoms with E-state index in [1.807, 2.05) is 0 Å². The lowest BCUT2D eigenvalue weighted by Gasteiger charge is -2.49. The van der Waals surface area contributed by atoms with E-state index in [0.29, 0.717) is 12.1 Å². The summed E-state index contributed by atoms with van der Waals surface area (Å²) in [5.74, 6) is 5.08. The zero-order valence-corrected chi connectivity index (χ0v) is 31.1. The summed E-state index contributed by atoms with van der Waals surface area (Å²) in [5, 5.41) is 5.77. The molecule has 10 rings (SSSR count). The second-order valence-corrected chi connectivity index (χ2v) is 22.7. The number of aromatic nitrogens is 2. The maximum absolute atomic E-state index is 2.90. The summed E-state index contributed by atoms with van der Waals surface area (Å²) in [4.78, 5) is 0. The van der Waals surface area contributed by atoms with Gasteiger partial charge in [0.15, 0.2) is 0 Å². The van der Waals surface area contributed by atoms with Crippen LogP contribution in [0.1, 0.15) is 77.3 Å². The molecular weight excluding hydrogens is 609 g/mol. The minimum Gasteiger partial charge on any atom is -0.337 e. The van der Waals surface area contributed by atoms with Gasteiger partial charge in [0.05, 0.1) is 8.07 Å². The first-order valence-corrected chi connectivity index (χ1v) is 23.0. The zero-order valence-electron chi connectivity index (χ0n) is 30.1. The SMILES string of the molecule is CC1CC2C(CCCC2n2c3ccccc3c3ccccc32)C1[Si](C)(C)C1C(C)CC2C1CCCC2n1c2ccccc2c2ccccc21. The maximum atomic E-state index is 2.90. The van der Waals surface area contributed by atoms with Gasteiger partial charge in [0.2, 0.25) is 0 Å². The van der Waals surface area contributed by atoms with Crippen molar-refractivity contribution < 1.29 is 0 Å². The quantitative estimate of drug-likeness (QED) is 0.166. The third kappa shape index (κ3) is 4.36. The van der Waals surface area contributed by atoms with Crippen molar-refractivity contribution in [2.45, 2.75) is 101 Å². The van der Waals surface area contributed by atoms with Gasteiger partial charge in [-0.15, -0.1) is 0 Å². The molecule has 0 spiro atoms. The normalized spacial score (nSPS) is 33.5. The fourth-order valence-corrected chi connectivity index (χ4v) is 20.8. The van der Waals surface area contributed by atoms with Crippen LogP contribution in [0.2, 0.25) is 24.2 Å². The molecule has 0 aliphatic heterocycles. The van der Waals surface area contributed by atoms with Crippen LogP contribution in [-0.4, -0.2) is 17.2 Å². The molecule has 4 aliphatic carbocycles. The van der Waals surface area contributed by atoms with Crippen LogP contribution in [0.15, 0.2) is 97.1 Å². The van der Waals surface area contributed by atoms with Gasteiger partial charge in [-0.05, 0) is 96.5 Å². The second kappa shape index (κ2) is 11.4. The number of benzene rings is 4.